The Morgan fingerprint density at radius 1 is 1.20 bits per heavy atom. The van der Waals surface area contributed by atoms with Gasteiger partial charge in [-0.2, -0.15) is 5.10 Å². The van der Waals surface area contributed by atoms with Crippen molar-refractivity contribution in [2.75, 3.05) is 7.11 Å². The summed E-state index contributed by atoms with van der Waals surface area (Å²) in [6.45, 7) is 2.95. The smallest absolute Gasteiger partial charge is 0.174 e. The van der Waals surface area contributed by atoms with Gasteiger partial charge in [0.25, 0.3) is 0 Å². The number of nitrogens with zero attached hydrogens (tertiary/aromatic N) is 5. The van der Waals surface area contributed by atoms with Gasteiger partial charge in [0.15, 0.2) is 5.82 Å². The van der Waals surface area contributed by atoms with Crippen LogP contribution in [0.25, 0.3) is 17.8 Å². The lowest BCUT2D eigenvalue weighted by atomic mass is 10.1. The molecule has 0 atom stereocenters. The summed E-state index contributed by atoms with van der Waals surface area (Å²) in [5.74, 6) is 2.66. The van der Waals surface area contributed by atoms with Crippen LogP contribution in [-0.2, 0) is 13.0 Å². The Kier molecular flexibility index (Phi) is 4.09. The Morgan fingerprint density at radius 3 is 2.88 bits per heavy atom. The number of methoxy groups -OCH3 is 1. The molecule has 1 aromatic carbocycles. The molecule has 128 valence electrons. The number of rotatable bonds is 4. The lowest BCUT2D eigenvalue weighted by Crippen LogP contribution is -2.11. The van der Waals surface area contributed by atoms with Crippen LogP contribution in [0.15, 0.2) is 30.7 Å². The highest BCUT2D eigenvalue weighted by atomic mass is 16.5. The summed E-state index contributed by atoms with van der Waals surface area (Å²) < 4.78 is 9.54. The maximum Gasteiger partial charge on any atom is 0.174 e. The van der Waals surface area contributed by atoms with Crippen molar-refractivity contribution in [3.05, 3.63) is 53.6 Å². The van der Waals surface area contributed by atoms with Crippen LogP contribution in [0.2, 0.25) is 0 Å². The second-order valence-corrected chi connectivity index (χ2v) is 6.25. The van der Waals surface area contributed by atoms with E-state index in [1.165, 1.54) is 12.8 Å². The highest BCUT2D eigenvalue weighted by Crippen LogP contribution is 2.25. The largest absolute Gasteiger partial charge is 0.495 e. The summed E-state index contributed by atoms with van der Waals surface area (Å²) in [6.07, 6.45) is 11.2. The zero-order chi connectivity index (χ0) is 17.2. The van der Waals surface area contributed by atoms with E-state index in [0.29, 0.717) is 0 Å². The Bertz CT molecular complexity index is 898. The number of hydrogen-bond acceptors (Lipinski definition) is 4. The van der Waals surface area contributed by atoms with Crippen LogP contribution < -0.4 is 4.74 Å². The lowest BCUT2D eigenvalue weighted by Gasteiger charge is -2.10. The van der Waals surface area contributed by atoms with Gasteiger partial charge >= 0.3 is 0 Å². The van der Waals surface area contributed by atoms with Crippen molar-refractivity contribution in [3.63, 3.8) is 0 Å². The normalized spacial score (nSPS) is 14.0. The Balaban J connectivity index is 1.59. The topological polar surface area (TPSA) is 57.8 Å². The minimum absolute atomic E-state index is 0.769. The molecular weight excluding hydrogens is 314 g/mol. The molecule has 0 N–H and O–H groups in total. The van der Waals surface area contributed by atoms with E-state index in [9.17, 15) is 0 Å². The summed E-state index contributed by atoms with van der Waals surface area (Å²) in [4.78, 5) is 8.87. The van der Waals surface area contributed by atoms with Crippen LogP contribution in [0.4, 0.5) is 0 Å². The summed E-state index contributed by atoms with van der Waals surface area (Å²) in [5.41, 5.74) is 2.99. The summed E-state index contributed by atoms with van der Waals surface area (Å²) in [7, 11) is 1.68. The molecule has 0 saturated heterocycles. The van der Waals surface area contributed by atoms with Crippen LogP contribution in [-0.4, -0.2) is 31.4 Å². The summed E-state index contributed by atoms with van der Waals surface area (Å²) >= 11 is 0. The molecule has 0 saturated carbocycles. The first-order valence-corrected chi connectivity index (χ1v) is 8.54. The first-order chi connectivity index (χ1) is 12.2. The summed E-state index contributed by atoms with van der Waals surface area (Å²) in [5, 5.41) is 4.55. The molecule has 2 aromatic heterocycles. The molecular formula is C19H21N5O. The molecule has 0 spiro atoms. The molecule has 0 unspecified atom stereocenters. The molecule has 25 heavy (non-hydrogen) atoms. The van der Waals surface area contributed by atoms with Crippen molar-refractivity contribution in [2.24, 2.45) is 0 Å². The lowest BCUT2D eigenvalue weighted by molar-refractivity contribution is 0.413. The first kappa shape index (κ1) is 15.6. The van der Waals surface area contributed by atoms with Crippen LogP contribution >= 0.6 is 0 Å². The molecule has 0 aliphatic carbocycles. The van der Waals surface area contributed by atoms with Gasteiger partial charge in [0.1, 0.15) is 11.6 Å². The zero-order valence-corrected chi connectivity index (χ0v) is 14.5. The van der Waals surface area contributed by atoms with E-state index in [0.717, 1.165) is 47.3 Å². The third kappa shape index (κ3) is 3.20. The van der Waals surface area contributed by atoms with E-state index >= 15 is 0 Å². The van der Waals surface area contributed by atoms with Gasteiger partial charge in [0.05, 0.1) is 24.8 Å². The zero-order valence-electron chi connectivity index (χ0n) is 14.5. The third-order valence-electron chi connectivity index (χ3n) is 4.40. The molecule has 1 aliphatic heterocycles. The molecule has 0 amide bonds. The van der Waals surface area contributed by atoms with Gasteiger partial charge in [-0.1, -0.05) is 12.1 Å². The molecule has 1 aliphatic rings. The molecule has 3 aromatic rings. The van der Waals surface area contributed by atoms with Gasteiger partial charge in [-0.25, -0.2) is 14.6 Å². The van der Waals surface area contributed by atoms with E-state index < -0.39 is 0 Å². The van der Waals surface area contributed by atoms with Crippen molar-refractivity contribution in [2.45, 2.75) is 32.7 Å². The predicted molar refractivity (Wildman–Crippen MR) is 96.7 cm³/mol. The number of fused-ring (bicyclic) bond motifs is 1. The molecule has 4 rings (SSSR count). The van der Waals surface area contributed by atoms with Crippen LogP contribution in [0.1, 0.15) is 35.7 Å². The molecule has 6 nitrogen and oxygen atoms in total. The molecule has 6 heteroatoms. The van der Waals surface area contributed by atoms with E-state index in [4.69, 9.17) is 4.74 Å². The molecule has 0 radical (unpaired) electrons. The van der Waals surface area contributed by atoms with Crippen molar-refractivity contribution in [1.29, 1.82) is 0 Å². The van der Waals surface area contributed by atoms with Crippen LogP contribution in [0.5, 0.6) is 5.75 Å². The van der Waals surface area contributed by atoms with Gasteiger partial charge < -0.3 is 9.30 Å². The highest BCUT2D eigenvalue weighted by molar-refractivity contribution is 5.69. The van der Waals surface area contributed by atoms with E-state index in [1.807, 2.05) is 46.7 Å². The van der Waals surface area contributed by atoms with E-state index in [1.54, 1.807) is 13.4 Å². The minimum Gasteiger partial charge on any atom is -0.495 e. The summed E-state index contributed by atoms with van der Waals surface area (Å²) in [6, 6.07) is 6.10. The van der Waals surface area contributed by atoms with Gasteiger partial charge in [-0.3, -0.25) is 0 Å². The fraction of sp³-hybridized carbons (Fsp3) is 0.316. The quantitative estimate of drug-likeness (QED) is 0.734. The van der Waals surface area contributed by atoms with Crippen molar-refractivity contribution in [1.82, 2.24) is 24.3 Å². The molecule has 3 heterocycles. The van der Waals surface area contributed by atoms with Crippen molar-refractivity contribution < 1.29 is 4.74 Å². The van der Waals surface area contributed by atoms with E-state index in [-0.39, 0.29) is 0 Å². The number of ether oxygens (including phenoxy) is 1. The highest BCUT2D eigenvalue weighted by Gasteiger charge is 2.12. The number of benzene rings is 1. The number of hydrogen-bond donors (Lipinski definition) is 0. The predicted octanol–water partition coefficient (Wildman–Crippen LogP) is 3.29. The van der Waals surface area contributed by atoms with Gasteiger partial charge in [0, 0.05) is 19.2 Å². The fourth-order valence-corrected chi connectivity index (χ4v) is 3.11. The number of aryl methyl sites for hydroxylation is 3. The fourth-order valence-electron chi connectivity index (χ4n) is 3.11. The van der Waals surface area contributed by atoms with Gasteiger partial charge in [0.2, 0.25) is 0 Å². The van der Waals surface area contributed by atoms with E-state index in [2.05, 4.69) is 21.1 Å². The Labute approximate surface area is 146 Å². The van der Waals surface area contributed by atoms with Crippen LogP contribution in [0, 0.1) is 6.92 Å². The third-order valence-corrected chi connectivity index (χ3v) is 4.40. The Morgan fingerprint density at radius 2 is 2.12 bits per heavy atom. The maximum absolute atomic E-state index is 5.55. The SMILES string of the molecule is COc1cc(C=Cc2nc3n(n2)CCCC3)ccc1-n1cnc(C)c1. The first-order valence-electron chi connectivity index (χ1n) is 8.54. The number of imidazole rings is 1. The molecule has 0 bridgehead atoms. The minimum atomic E-state index is 0.769. The van der Waals surface area contributed by atoms with Gasteiger partial charge in [-0.05, 0) is 43.5 Å². The maximum atomic E-state index is 5.55. The average Bonchev–Trinajstić information content (AvgIpc) is 3.25. The Hall–Kier alpha value is -2.89. The van der Waals surface area contributed by atoms with Crippen LogP contribution in [0.3, 0.4) is 0 Å². The monoisotopic (exact) mass is 335 g/mol. The van der Waals surface area contributed by atoms with Crippen molar-refractivity contribution >= 4 is 12.2 Å². The van der Waals surface area contributed by atoms with Gasteiger partial charge in [-0.15, -0.1) is 0 Å². The van der Waals surface area contributed by atoms with Crippen molar-refractivity contribution in [3.8, 4) is 11.4 Å². The second-order valence-electron chi connectivity index (χ2n) is 6.25. The second kappa shape index (κ2) is 6.55. The standard InChI is InChI=1S/C19H21N5O/c1-14-12-23(13-20-14)16-8-6-15(11-17(16)25-2)7-9-18-21-19-5-3-4-10-24(19)22-18/h6-9,11-13H,3-5,10H2,1-2H3. The average molecular weight is 335 g/mol. The molecule has 0 fully saturated rings. The number of aromatic nitrogens is 5.